The Morgan fingerprint density at radius 1 is 1.19 bits per heavy atom. The van der Waals surface area contributed by atoms with Crippen molar-refractivity contribution in [1.29, 1.82) is 0 Å². The quantitative estimate of drug-likeness (QED) is 0.332. The second-order valence-electron chi connectivity index (χ2n) is 6.46. The molecule has 0 saturated carbocycles. The maximum Gasteiger partial charge on any atom is 0.243 e. The van der Waals surface area contributed by atoms with E-state index < -0.39 is 0 Å². The van der Waals surface area contributed by atoms with Crippen molar-refractivity contribution in [2.45, 2.75) is 32.4 Å². The van der Waals surface area contributed by atoms with Gasteiger partial charge in [0.2, 0.25) is 5.91 Å². The van der Waals surface area contributed by atoms with Crippen LogP contribution in [-0.2, 0) is 17.8 Å². The van der Waals surface area contributed by atoms with Crippen LogP contribution >= 0.6 is 35.3 Å². The highest BCUT2D eigenvalue weighted by Gasteiger charge is 2.09. The number of nitrogens with zero attached hydrogens (tertiary/aromatic N) is 2. The molecule has 0 bridgehead atoms. The second kappa shape index (κ2) is 12.7. The van der Waals surface area contributed by atoms with Crippen molar-refractivity contribution in [1.82, 2.24) is 15.5 Å². The number of aliphatic imine (C=N–C) groups is 1. The minimum absolute atomic E-state index is 0. The Hall–Kier alpha value is -1.61. The molecule has 2 rings (SSSR count). The summed E-state index contributed by atoms with van der Waals surface area (Å²) in [6, 6.07) is 14.8. The molecule has 1 atom stereocenters. The van der Waals surface area contributed by atoms with Gasteiger partial charge in [-0.25, -0.2) is 4.99 Å². The fraction of sp³-hybridized carbons (Fsp3) is 0.400. The van der Waals surface area contributed by atoms with E-state index in [9.17, 15) is 4.79 Å². The van der Waals surface area contributed by atoms with Crippen LogP contribution in [0.25, 0.3) is 0 Å². The summed E-state index contributed by atoms with van der Waals surface area (Å²) in [6.07, 6.45) is 2.00. The van der Waals surface area contributed by atoms with E-state index in [2.05, 4.69) is 58.3 Å². The lowest BCUT2D eigenvalue weighted by molar-refractivity contribution is -0.127. The normalized spacial score (nSPS) is 12.0. The summed E-state index contributed by atoms with van der Waals surface area (Å²) in [5, 5.41) is 8.80. The zero-order valence-corrected chi connectivity index (χ0v) is 19.3. The highest BCUT2D eigenvalue weighted by Crippen LogP contribution is 2.08. The smallest absolute Gasteiger partial charge is 0.243 e. The molecule has 1 heterocycles. The number of likely N-dealkylation sites (N-methyl/N-ethyl adjacent to an activating group) is 1. The Kier molecular flexibility index (Phi) is 11.0. The van der Waals surface area contributed by atoms with E-state index in [1.54, 1.807) is 30.3 Å². The van der Waals surface area contributed by atoms with Crippen LogP contribution in [0.5, 0.6) is 0 Å². The molecule has 1 aromatic carbocycles. The standard InChI is InChI=1S/C20H28N4OS.HI/c1-16(11-12-17-8-5-4-6-9-17)23-20(22-15-19(25)24(2)3)21-14-18-10-7-13-26-18;/h4-10,13,16H,11-12,14-15H2,1-3H3,(H2,21,22,23);1H. The van der Waals surface area contributed by atoms with E-state index in [0.29, 0.717) is 12.5 Å². The number of nitrogens with one attached hydrogen (secondary N) is 2. The first kappa shape index (κ1) is 23.4. The zero-order valence-electron chi connectivity index (χ0n) is 16.1. The fourth-order valence-electron chi connectivity index (χ4n) is 2.36. The fourth-order valence-corrected chi connectivity index (χ4v) is 3.00. The molecule has 27 heavy (non-hydrogen) atoms. The van der Waals surface area contributed by atoms with Gasteiger partial charge in [0.05, 0.1) is 6.54 Å². The van der Waals surface area contributed by atoms with Gasteiger partial charge in [0.25, 0.3) is 0 Å². The molecule has 0 spiro atoms. The molecule has 0 radical (unpaired) electrons. The molecule has 5 nitrogen and oxygen atoms in total. The Labute approximate surface area is 183 Å². The van der Waals surface area contributed by atoms with Crippen LogP contribution in [0.1, 0.15) is 23.8 Å². The van der Waals surface area contributed by atoms with Gasteiger partial charge in [0.1, 0.15) is 6.54 Å². The number of rotatable bonds is 8. The number of carbonyl (C=O) groups is 1. The first-order valence-electron chi connectivity index (χ1n) is 8.86. The molecular weight excluding hydrogens is 471 g/mol. The number of guanidine groups is 1. The molecule has 1 aromatic heterocycles. The van der Waals surface area contributed by atoms with Crippen LogP contribution in [-0.4, -0.2) is 43.4 Å². The van der Waals surface area contributed by atoms with Crippen LogP contribution in [0, 0.1) is 0 Å². The van der Waals surface area contributed by atoms with E-state index in [4.69, 9.17) is 0 Å². The predicted octanol–water partition coefficient (Wildman–Crippen LogP) is 3.51. The molecule has 1 amide bonds. The van der Waals surface area contributed by atoms with E-state index in [1.807, 2.05) is 12.1 Å². The number of benzene rings is 1. The molecule has 2 aromatic rings. The summed E-state index contributed by atoms with van der Waals surface area (Å²) >= 11 is 1.70. The SMILES string of the molecule is CC(CCc1ccccc1)NC(=NCC(=O)N(C)C)NCc1cccs1.I. The van der Waals surface area contributed by atoms with Crippen molar-refractivity contribution in [2.24, 2.45) is 4.99 Å². The van der Waals surface area contributed by atoms with Crippen LogP contribution in [0.3, 0.4) is 0 Å². The lowest BCUT2D eigenvalue weighted by Gasteiger charge is -2.18. The van der Waals surface area contributed by atoms with E-state index in [0.717, 1.165) is 12.8 Å². The number of halogens is 1. The van der Waals surface area contributed by atoms with Crippen LogP contribution < -0.4 is 10.6 Å². The largest absolute Gasteiger partial charge is 0.354 e. The van der Waals surface area contributed by atoms with Gasteiger partial charge in [-0.05, 0) is 36.8 Å². The minimum Gasteiger partial charge on any atom is -0.354 e. The molecule has 148 valence electrons. The molecule has 0 aliphatic carbocycles. The van der Waals surface area contributed by atoms with Gasteiger partial charge in [-0.15, -0.1) is 35.3 Å². The first-order valence-corrected chi connectivity index (χ1v) is 9.74. The van der Waals surface area contributed by atoms with Crippen molar-refractivity contribution >= 4 is 47.2 Å². The Balaban J connectivity index is 0.00000364. The van der Waals surface area contributed by atoms with Gasteiger partial charge in [0.15, 0.2) is 5.96 Å². The maximum atomic E-state index is 11.8. The van der Waals surface area contributed by atoms with Crippen molar-refractivity contribution in [3.05, 3.63) is 58.3 Å². The average Bonchev–Trinajstić information content (AvgIpc) is 3.16. The molecule has 0 saturated heterocycles. The third-order valence-corrected chi connectivity index (χ3v) is 4.85. The van der Waals surface area contributed by atoms with Gasteiger partial charge < -0.3 is 15.5 Å². The number of carbonyl (C=O) groups excluding carboxylic acids is 1. The Morgan fingerprint density at radius 3 is 2.56 bits per heavy atom. The summed E-state index contributed by atoms with van der Waals surface area (Å²) in [4.78, 5) is 19.1. The summed E-state index contributed by atoms with van der Waals surface area (Å²) in [7, 11) is 3.49. The number of thiophene rings is 1. The van der Waals surface area contributed by atoms with E-state index in [1.165, 1.54) is 10.4 Å². The number of hydrogen-bond donors (Lipinski definition) is 2. The molecule has 1 unspecified atom stereocenters. The van der Waals surface area contributed by atoms with Crippen molar-refractivity contribution in [3.63, 3.8) is 0 Å². The second-order valence-corrected chi connectivity index (χ2v) is 7.49. The number of hydrogen-bond acceptors (Lipinski definition) is 3. The summed E-state index contributed by atoms with van der Waals surface area (Å²) < 4.78 is 0. The van der Waals surface area contributed by atoms with Gasteiger partial charge in [-0.1, -0.05) is 36.4 Å². The zero-order chi connectivity index (χ0) is 18.8. The lowest BCUT2D eigenvalue weighted by Crippen LogP contribution is -2.42. The van der Waals surface area contributed by atoms with Crippen molar-refractivity contribution in [3.8, 4) is 0 Å². The average molecular weight is 500 g/mol. The van der Waals surface area contributed by atoms with E-state index >= 15 is 0 Å². The summed E-state index contributed by atoms with van der Waals surface area (Å²) in [5.74, 6) is 0.660. The third kappa shape index (κ3) is 9.23. The van der Waals surface area contributed by atoms with Crippen molar-refractivity contribution < 1.29 is 4.79 Å². The molecule has 0 aliphatic rings. The number of aryl methyl sites for hydroxylation is 1. The van der Waals surface area contributed by atoms with E-state index in [-0.39, 0.29) is 42.5 Å². The van der Waals surface area contributed by atoms with Gasteiger partial charge in [-0.3, -0.25) is 4.79 Å². The number of amides is 1. The van der Waals surface area contributed by atoms with Gasteiger partial charge >= 0.3 is 0 Å². The summed E-state index contributed by atoms with van der Waals surface area (Å²) in [5.41, 5.74) is 1.33. The molecular formula is C20H29IN4OS. The topological polar surface area (TPSA) is 56.7 Å². The highest BCUT2D eigenvalue weighted by molar-refractivity contribution is 14.0. The Bertz CT molecular complexity index is 689. The molecule has 0 aliphatic heterocycles. The van der Waals surface area contributed by atoms with Gasteiger partial charge in [-0.2, -0.15) is 0 Å². The monoisotopic (exact) mass is 500 g/mol. The van der Waals surface area contributed by atoms with Crippen molar-refractivity contribution in [2.75, 3.05) is 20.6 Å². The first-order chi connectivity index (χ1) is 12.5. The molecule has 0 fully saturated rings. The van der Waals surface area contributed by atoms with Crippen LogP contribution in [0.15, 0.2) is 52.8 Å². The van der Waals surface area contributed by atoms with Gasteiger partial charge in [0, 0.05) is 25.0 Å². The Morgan fingerprint density at radius 2 is 1.93 bits per heavy atom. The third-order valence-electron chi connectivity index (χ3n) is 3.97. The molecule has 7 heteroatoms. The lowest BCUT2D eigenvalue weighted by atomic mass is 10.1. The summed E-state index contributed by atoms with van der Waals surface area (Å²) in [6.45, 7) is 2.97. The highest BCUT2D eigenvalue weighted by atomic mass is 127. The van der Waals surface area contributed by atoms with Crippen LogP contribution in [0.2, 0.25) is 0 Å². The maximum absolute atomic E-state index is 11.8. The minimum atomic E-state index is -0.0147. The predicted molar refractivity (Wildman–Crippen MR) is 125 cm³/mol. The molecule has 2 N–H and O–H groups in total. The van der Waals surface area contributed by atoms with Crippen LogP contribution in [0.4, 0.5) is 0 Å².